The fraction of sp³-hybridized carbons (Fsp3) is 0.800. The molecule has 2 atom stereocenters. The summed E-state index contributed by atoms with van der Waals surface area (Å²) in [6, 6.07) is 2.19. The molecule has 1 nitrogen and oxygen atoms in total. The van der Waals surface area contributed by atoms with Crippen LogP contribution in [0.5, 0.6) is 0 Å². The van der Waals surface area contributed by atoms with Crippen molar-refractivity contribution in [2.24, 2.45) is 11.8 Å². The molecule has 0 spiro atoms. The third-order valence-electron chi connectivity index (χ3n) is 1.28. The monoisotopic (exact) mass is 81.1 g/mol. The first kappa shape index (κ1) is 3.67. The van der Waals surface area contributed by atoms with Crippen LogP contribution in [0.4, 0.5) is 0 Å². The lowest BCUT2D eigenvalue weighted by molar-refractivity contribution is 0.908. The van der Waals surface area contributed by atoms with Gasteiger partial charge in [-0.3, -0.25) is 0 Å². The lowest BCUT2D eigenvalue weighted by atomic mass is 10.4. The van der Waals surface area contributed by atoms with Gasteiger partial charge in [-0.15, -0.1) is 0 Å². The zero-order valence-corrected chi connectivity index (χ0v) is 3.81. The first-order valence-electron chi connectivity index (χ1n) is 2.24. The van der Waals surface area contributed by atoms with Crippen LogP contribution in [-0.2, 0) is 0 Å². The summed E-state index contributed by atoms with van der Waals surface area (Å²) in [4.78, 5) is 0. The van der Waals surface area contributed by atoms with Crippen molar-refractivity contribution < 1.29 is 0 Å². The van der Waals surface area contributed by atoms with Crippen LogP contribution in [0, 0.1) is 23.2 Å². The Hall–Kier alpha value is -0.510. The Morgan fingerprint density at radius 3 is 2.33 bits per heavy atom. The SMILES string of the molecule is CC1CC1C#N. The predicted octanol–water partition coefficient (Wildman–Crippen LogP) is 1.17. The van der Waals surface area contributed by atoms with Crippen molar-refractivity contribution in [3.63, 3.8) is 0 Å². The van der Waals surface area contributed by atoms with Crippen molar-refractivity contribution in [1.29, 1.82) is 5.26 Å². The molecule has 0 aromatic heterocycles. The summed E-state index contributed by atoms with van der Waals surface area (Å²) >= 11 is 0. The van der Waals surface area contributed by atoms with Gasteiger partial charge in [-0.2, -0.15) is 5.26 Å². The van der Waals surface area contributed by atoms with Crippen LogP contribution in [0.25, 0.3) is 0 Å². The van der Waals surface area contributed by atoms with E-state index in [2.05, 4.69) is 13.0 Å². The average molecular weight is 81.1 g/mol. The van der Waals surface area contributed by atoms with Gasteiger partial charge in [0.05, 0.1) is 6.07 Å². The van der Waals surface area contributed by atoms with Crippen LogP contribution < -0.4 is 0 Å². The maximum atomic E-state index is 8.13. The number of rotatable bonds is 0. The van der Waals surface area contributed by atoms with E-state index in [1.807, 2.05) is 0 Å². The second-order valence-electron chi connectivity index (χ2n) is 1.95. The van der Waals surface area contributed by atoms with E-state index in [1.165, 1.54) is 0 Å². The van der Waals surface area contributed by atoms with Gasteiger partial charge in [0, 0.05) is 5.92 Å². The molecular weight excluding hydrogens is 74.1 g/mol. The topological polar surface area (TPSA) is 23.8 Å². The number of hydrogen-bond acceptors (Lipinski definition) is 1. The molecule has 0 radical (unpaired) electrons. The zero-order valence-electron chi connectivity index (χ0n) is 3.81. The van der Waals surface area contributed by atoms with Gasteiger partial charge in [0.1, 0.15) is 0 Å². The molecule has 32 valence electrons. The van der Waals surface area contributed by atoms with Gasteiger partial charge >= 0.3 is 0 Å². The number of hydrogen-bond donors (Lipinski definition) is 0. The molecule has 1 fully saturated rings. The Morgan fingerprint density at radius 1 is 1.83 bits per heavy atom. The third kappa shape index (κ3) is 0.386. The van der Waals surface area contributed by atoms with Crippen molar-refractivity contribution in [3.05, 3.63) is 0 Å². The van der Waals surface area contributed by atoms with E-state index in [1.54, 1.807) is 0 Å². The molecule has 0 aromatic carbocycles. The lowest BCUT2D eigenvalue weighted by Crippen LogP contribution is -1.63. The molecule has 1 heteroatoms. The summed E-state index contributed by atoms with van der Waals surface area (Å²) in [5, 5.41) is 8.13. The van der Waals surface area contributed by atoms with Crippen molar-refractivity contribution in [1.82, 2.24) is 0 Å². The van der Waals surface area contributed by atoms with Gasteiger partial charge in [0.15, 0.2) is 0 Å². The minimum atomic E-state index is 0.407. The predicted molar refractivity (Wildman–Crippen MR) is 22.9 cm³/mol. The molecule has 1 saturated carbocycles. The van der Waals surface area contributed by atoms with Crippen molar-refractivity contribution in [3.8, 4) is 6.07 Å². The summed E-state index contributed by atoms with van der Waals surface area (Å²) < 4.78 is 0. The molecule has 0 saturated heterocycles. The molecule has 1 rings (SSSR count). The van der Waals surface area contributed by atoms with E-state index in [4.69, 9.17) is 5.26 Å². The highest BCUT2D eigenvalue weighted by Crippen LogP contribution is 2.36. The van der Waals surface area contributed by atoms with Gasteiger partial charge in [-0.25, -0.2) is 0 Å². The molecule has 0 heterocycles. The molecule has 0 bridgehead atoms. The Labute approximate surface area is 37.6 Å². The van der Waals surface area contributed by atoms with Gasteiger partial charge in [-0.05, 0) is 12.3 Å². The normalized spacial score (nSPS) is 41.3. The number of nitriles is 1. The van der Waals surface area contributed by atoms with E-state index in [-0.39, 0.29) is 0 Å². The third-order valence-corrected chi connectivity index (χ3v) is 1.28. The molecular formula is C5H7N. The molecule has 0 aliphatic heterocycles. The fourth-order valence-corrected chi connectivity index (χ4v) is 0.502. The standard InChI is InChI=1S/C5H7N/c1-4-2-5(4)3-6/h4-5H,2H2,1H3. The summed E-state index contributed by atoms with van der Waals surface area (Å²) in [6.07, 6.45) is 1.14. The van der Waals surface area contributed by atoms with Crippen molar-refractivity contribution in [2.75, 3.05) is 0 Å². The summed E-state index contributed by atoms with van der Waals surface area (Å²) in [5.74, 6) is 1.11. The fourth-order valence-electron chi connectivity index (χ4n) is 0.502. The lowest BCUT2D eigenvalue weighted by Gasteiger charge is -1.64. The van der Waals surface area contributed by atoms with Crippen LogP contribution in [0.2, 0.25) is 0 Å². The minimum absolute atomic E-state index is 0.407. The summed E-state index contributed by atoms with van der Waals surface area (Å²) in [5.41, 5.74) is 0. The highest BCUT2D eigenvalue weighted by Gasteiger charge is 2.31. The zero-order chi connectivity index (χ0) is 4.57. The van der Waals surface area contributed by atoms with Crippen LogP contribution in [-0.4, -0.2) is 0 Å². The summed E-state index contributed by atoms with van der Waals surface area (Å²) in [6.45, 7) is 2.11. The molecule has 2 unspecified atom stereocenters. The molecule has 1 aliphatic rings. The van der Waals surface area contributed by atoms with Gasteiger partial charge in [0.25, 0.3) is 0 Å². The molecule has 0 N–H and O–H groups in total. The molecule has 6 heavy (non-hydrogen) atoms. The van der Waals surface area contributed by atoms with E-state index in [0.29, 0.717) is 11.8 Å². The van der Waals surface area contributed by atoms with Gasteiger partial charge in [-0.1, -0.05) is 6.92 Å². The highest BCUT2D eigenvalue weighted by molar-refractivity contribution is 4.98. The van der Waals surface area contributed by atoms with E-state index >= 15 is 0 Å². The van der Waals surface area contributed by atoms with Crippen molar-refractivity contribution >= 4 is 0 Å². The van der Waals surface area contributed by atoms with Crippen LogP contribution >= 0.6 is 0 Å². The van der Waals surface area contributed by atoms with E-state index < -0.39 is 0 Å². The average Bonchev–Trinajstić information content (AvgIpc) is 2.19. The van der Waals surface area contributed by atoms with Gasteiger partial charge < -0.3 is 0 Å². The smallest absolute Gasteiger partial charge is 0.0658 e. The first-order chi connectivity index (χ1) is 2.84. The second kappa shape index (κ2) is 0.975. The Kier molecular flexibility index (Phi) is 0.597. The van der Waals surface area contributed by atoms with Crippen LogP contribution in [0.1, 0.15) is 13.3 Å². The number of nitrogens with zero attached hydrogens (tertiary/aromatic N) is 1. The van der Waals surface area contributed by atoms with Crippen LogP contribution in [0.15, 0.2) is 0 Å². The van der Waals surface area contributed by atoms with Crippen LogP contribution in [0.3, 0.4) is 0 Å². The highest BCUT2D eigenvalue weighted by atomic mass is 14.4. The largest absolute Gasteiger partial charge is 0.198 e. The Balaban J connectivity index is 2.31. The van der Waals surface area contributed by atoms with E-state index in [9.17, 15) is 0 Å². The summed E-state index contributed by atoms with van der Waals surface area (Å²) in [7, 11) is 0. The Bertz CT molecular complexity index is 90.6. The Morgan fingerprint density at radius 2 is 2.33 bits per heavy atom. The second-order valence-corrected chi connectivity index (χ2v) is 1.95. The minimum Gasteiger partial charge on any atom is -0.198 e. The maximum absolute atomic E-state index is 8.13. The maximum Gasteiger partial charge on any atom is 0.0658 e. The first-order valence-corrected chi connectivity index (χ1v) is 2.24. The quantitative estimate of drug-likeness (QED) is 0.429. The molecule has 0 aromatic rings. The van der Waals surface area contributed by atoms with E-state index in [0.717, 1.165) is 6.42 Å². The molecule has 0 amide bonds. The van der Waals surface area contributed by atoms with Gasteiger partial charge in [0.2, 0.25) is 0 Å². The molecule has 1 aliphatic carbocycles. The van der Waals surface area contributed by atoms with Crippen molar-refractivity contribution in [2.45, 2.75) is 13.3 Å².